The average molecular weight is 184 g/mol. The number of unbranched alkanes of at least 4 members (excludes halogenated alkanes) is 3. The second kappa shape index (κ2) is 9.30. The molecule has 0 aliphatic heterocycles. The van der Waals surface area contributed by atoms with Crippen molar-refractivity contribution >= 4 is 5.97 Å². The fourth-order valence-electron chi connectivity index (χ4n) is 1.00. The minimum absolute atomic E-state index is 0.0713. The van der Waals surface area contributed by atoms with Crippen LogP contribution in [-0.2, 0) is 9.53 Å². The monoisotopic (exact) mass is 184 g/mol. The van der Waals surface area contributed by atoms with Gasteiger partial charge < -0.3 is 4.74 Å². The van der Waals surface area contributed by atoms with E-state index in [1.54, 1.807) is 0 Å². The summed E-state index contributed by atoms with van der Waals surface area (Å²) in [5.41, 5.74) is 0. The predicted octanol–water partition coefficient (Wildman–Crippen LogP) is 3.08. The zero-order chi connectivity index (χ0) is 9.94. The second-order valence-corrected chi connectivity index (χ2v) is 3.11. The molecule has 2 heteroatoms. The lowest BCUT2D eigenvalue weighted by atomic mass is 10.2. The Morgan fingerprint density at radius 1 is 1.38 bits per heavy atom. The Hall–Kier alpha value is -0.790. The molecule has 0 saturated heterocycles. The van der Waals surface area contributed by atoms with E-state index in [2.05, 4.69) is 13.5 Å². The maximum absolute atomic E-state index is 11.0. The van der Waals surface area contributed by atoms with Gasteiger partial charge in [-0.25, -0.2) is 0 Å². The molecule has 0 atom stereocenters. The number of ether oxygens (including phenoxy) is 1. The first kappa shape index (κ1) is 12.2. The molecule has 0 aromatic carbocycles. The van der Waals surface area contributed by atoms with Crippen molar-refractivity contribution in [3.63, 3.8) is 0 Å². The first-order valence-corrected chi connectivity index (χ1v) is 5.07. The van der Waals surface area contributed by atoms with Gasteiger partial charge in [0.15, 0.2) is 0 Å². The number of carbonyl (C=O) groups excluding carboxylic acids is 1. The van der Waals surface area contributed by atoms with Crippen LogP contribution in [0, 0.1) is 0 Å². The Morgan fingerprint density at radius 3 is 2.77 bits per heavy atom. The van der Waals surface area contributed by atoms with Gasteiger partial charge in [0, 0.05) is 6.42 Å². The summed E-state index contributed by atoms with van der Waals surface area (Å²) in [7, 11) is 0. The highest BCUT2D eigenvalue weighted by Gasteiger charge is 2.00. The molecule has 0 amide bonds. The van der Waals surface area contributed by atoms with Crippen molar-refractivity contribution in [2.24, 2.45) is 0 Å². The summed E-state index contributed by atoms with van der Waals surface area (Å²) in [6.45, 7) is 6.31. The van der Waals surface area contributed by atoms with Crippen LogP contribution in [0.4, 0.5) is 0 Å². The summed E-state index contributed by atoms with van der Waals surface area (Å²) in [6.07, 6.45) is 7.39. The first-order valence-electron chi connectivity index (χ1n) is 5.07. The molecule has 0 bridgehead atoms. The summed E-state index contributed by atoms with van der Waals surface area (Å²) < 4.78 is 5.02. The van der Waals surface area contributed by atoms with Crippen LogP contribution in [-0.4, -0.2) is 12.6 Å². The van der Waals surface area contributed by atoms with E-state index in [4.69, 9.17) is 4.74 Å². The molecule has 76 valence electrons. The van der Waals surface area contributed by atoms with Crippen LogP contribution >= 0.6 is 0 Å². The summed E-state index contributed by atoms with van der Waals surface area (Å²) >= 11 is 0. The van der Waals surface area contributed by atoms with Gasteiger partial charge in [-0.05, 0) is 19.3 Å². The Kier molecular flexibility index (Phi) is 8.73. The molecule has 0 spiro atoms. The van der Waals surface area contributed by atoms with Gasteiger partial charge in [0.1, 0.15) is 0 Å². The summed E-state index contributed by atoms with van der Waals surface area (Å²) in [4.78, 5) is 11.0. The van der Waals surface area contributed by atoms with E-state index >= 15 is 0 Å². The van der Waals surface area contributed by atoms with E-state index in [-0.39, 0.29) is 5.97 Å². The van der Waals surface area contributed by atoms with Gasteiger partial charge in [0.25, 0.3) is 0 Å². The highest BCUT2D eigenvalue weighted by molar-refractivity contribution is 5.69. The largest absolute Gasteiger partial charge is 0.466 e. The van der Waals surface area contributed by atoms with E-state index in [1.807, 2.05) is 6.08 Å². The van der Waals surface area contributed by atoms with Gasteiger partial charge in [-0.15, -0.1) is 6.58 Å². The Morgan fingerprint density at radius 2 is 2.15 bits per heavy atom. The zero-order valence-corrected chi connectivity index (χ0v) is 8.55. The number of hydrogen-bond acceptors (Lipinski definition) is 2. The SMILES string of the molecule is C=CCCCC(=O)OCCCCC. The summed E-state index contributed by atoms with van der Waals surface area (Å²) in [5.74, 6) is -0.0713. The van der Waals surface area contributed by atoms with E-state index in [0.717, 1.165) is 32.1 Å². The maximum Gasteiger partial charge on any atom is 0.305 e. The third kappa shape index (κ3) is 9.12. The molecule has 0 saturated carbocycles. The summed E-state index contributed by atoms with van der Waals surface area (Å²) in [5, 5.41) is 0. The third-order valence-electron chi connectivity index (χ3n) is 1.80. The molecule has 0 rings (SSSR count). The van der Waals surface area contributed by atoms with E-state index < -0.39 is 0 Å². The number of hydrogen-bond donors (Lipinski definition) is 0. The van der Waals surface area contributed by atoms with E-state index in [9.17, 15) is 4.79 Å². The Balaban J connectivity index is 3.15. The molecule has 0 aliphatic carbocycles. The predicted molar refractivity (Wildman–Crippen MR) is 54.5 cm³/mol. The number of allylic oxidation sites excluding steroid dienone is 1. The Bertz CT molecular complexity index is 141. The maximum atomic E-state index is 11.0. The topological polar surface area (TPSA) is 26.3 Å². The molecule has 0 unspecified atom stereocenters. The van der Waals surface area contributed by atoms with E-state index in [0.29, 0.717) is 13.0 Å². The normalized spacial score (nSPS) is 9.62. The Labute approximate surface area is 81.0 Å². The van der Waals surface area contributed by atoms with Crippen molar-refractivity contribution in [3.05, 3.63) is 12.7 Å². The molecular formula is C11H20O2. The molecule has 2 nitrogen and oxygen atoms in total. The lowest BCUT2D eigenvalue weighted by Crippen LogP contribution is -2.05. The molecule has 0 aromatic heterocycles. The molecule has 0 fully saturated rings. The fourth-order valence-corrected chi connectivity index (χ4v) is 1.00. The van der Waals surface area contributed by atoms with Gasteiger partial charge in [0.05, 0.1) is 6.61 Å². The van der Waals surface area contributed by atoms with Crippen LogP contribution < -0.4 is 0 Å². The lowest BCUT2D eigenvalue weighted by Gasteiger charge is -2.02. The van der Waals surface area contributed by atoms with Gasteiger partial charge in [-0.2, -0.15) is 0 Å². The third-order valence-corrected chi connectivity index (χ3v) is 1.80. The van der Waals surface area contributed by atoms with Crippen LogP contribution in [0.15, 0.2) is 12.7 Å². The minimum Gasteiger partial charge on any atom is -0.466 e. The quantitative estimate of drug-likeness (QED) is 0.329. The zero-order valence-electron chi connectivity index (χ0n) is 8.55. The number of esters is 1. The van der Waals surface area contributed by atoms with Crippen molar-refractivity contribution in [1.29, 1.82) is 0 Å². The highest BCUT2D eigenvalue weighted by Crippen LogP contribution is 2.00. The van der Waals surface area contributed by atoms with Gasteiger partial charge >= 0.3 is 5.97 Å². The van der Waals surface area contributed by atoms with Crippen LogP contribution in [0.3, 0.4) is 0 Å². The van der Waals surface area contributed by atoms with Crippen LogP contribution in [0.5, 0.6) is 0 Å². The molecule has 0 N–H and O–H groups in total. The highest BCUT2D eigenvalue weighted by atomic mass is 16.5. The molecular weight excluding hydrogens is 164 g/mol. The second-order valence-electron chi connectivity index (χ2n) is 3.11. The van der Waals surface area contributed by atoms with E-state index in [1.165, 1.54) is 0 Å². The number of carbonyl (C=O) groups is 1. The van der Waals surface area contributed by atoms with Crippen molar-refractivity contribution in [3.8, 4) is 0 Å². The van der Waals surface area contributed by atoms with Crippen molar-refractivity contribution in [2.75, 3.05) is 6.61 Å². The molecule has 0 aliphatic rings. The smallest absolute Gasteiger partial charge is 0.305 e. The van der Waals surface area contributed by atoms with Gasteiger partial charge in [-0.3, -0.25) is 4.79 Å². The summed E-state index contributed by atoms with van der Waals surface area (Å²) in [6, 6.07) is 0. The number of rotatable bonds is 8. The molecule has 13 heavy (non-hydrogen) atoms. The minimum atomic E-state index is -0.0713. The fraction of sp³-hybridized carbons (Fsp3) is 0.727. The standard InChI is InChI=1S/C11H20O2/c1-3-5-7-9-11(12)13-10-8-6-4-2/h3H,1,4-10H2,2H3. The molecule has 0 radical (unpaired) electrons. The van der Waals surface area contributed by atoms with Crippen LogP contribution in [0.1, 0.15) is 45.4 Å². The molecule has 0 aromatic rings. The molecule has 0 heterocycles. The van der Waals surface area contributed by atoms with Crippen LogP contribution in [0.25, 0.3) is 0 Å². The van der Waals surface area contributed by atoms with Crippen molar-refractivity contribution < 1.29 is 9.53 Å². The average Bonchev–Trinajstić information content (AvgIpc) is 2.13. The lowest BCUT2D eigenvalue weighted by molar-refractivity contribution is -0.143. The first-order chi connectivity index (χ1) is 6.31. The van der Waals surface area contributed by atoms with Crippen molar-refractivity contribution in [2.45, 2.75) is 45.4 Å². The van der Waals surface area contributed by atoms with Crippen LogP contribution in [0.2, 0.25) is 0 Å². The van der Waals surface area contributed by atoms with Gasteiger partial charge in [-0.1, -0.05) is 25.8 Å². The van der Waals surface area contributed by atoms with Gasteiger partial charge in [0.2, 0.25) is 0 Å². The van der Waals surface area contributed by atoms with Crippen molar-refractivity contribution in [1.82, 2.24) is 0 Å².